The maximum atomic E-state index is 11.8. The van der Waals surface area contributed by atoms with Crippen LogP contribution >= 0.6 is 0 Å². The van der Waals surface area contributed by atoms with E-state index in [1.807, 2.05) is 0 Å². The molecule has 0 aromatic carbocycles. The summed E-state index contributed by atoms with van der Waals surface area (Å²) in [5.74, 6) is 0.884. The number of likely N-dealkylation sites (N-methyl/N-ethyl adjacent to an activating group) is 1. The normalized spacial score (nSPS) is 27.2. The van der Waals surface area contributed by atoms with Crippen LogP contribution in [0.5, 0.6) is 0 Å². The molecule has 0 aromatic heterocycles. The lowest BCUT2D eigenvalue weighted by Gasteiger charge is -2.32. The highest BCUT2D eigenvalue weighted by Crippen LogP contribution is 2.14. The van der Waals surface area contributed by atoms with Crippen molar-refractivity contribution in [2.24, 2.45) is 5.92 Å². The van der Waals surface area contributed by atoms with Crippen molar-refractivity contribution in [1.29, 1.82) is 0 Å². The second-order valence-electron chi connectivity index (χ2n) is 5.22. The topological polar surface area (TPSA) is 47.6 Å². The Balaban J connectivity index is 1.60. The van der Waals surface area contributed by atoms with E-state index < -0.39 is 0 Å². The molecule has 0 bridgehead atoms. The van der Waals surface area contributed by atoms with Crippen LogP contribution in [0.1, 0.15) is 19.3 Å². The summed E-state index contributed by atoms with van der Waals surface area (Å²) in [4.78, 5) is 14.0. The average Bonchev–Trinajstić information content (AvgIpc) is 2.83. The SMILES string of the molecule is CN1CCN(NC(=O)CCC2CCNC2)CC1. The van der Waals surface area contributed by atoms with Crippen LogP contribution in [0.2, 0.25) is 0 Å². The number of hydrogen-bond donors (Lipinski definition) is 2. The number of carbonyl (C=O) groups is 1. The summed E-state index contributed by atoms with van der Waals surface area (Å²) in [5, 5.41) is 5.39. The van der Waals surface area contributed by atoms with Gasteiger partial charge in [0.15, 0.2) is 0 Å². The summed E-state index contributed by atoms with van der Waals surface area (Å²) in [6.07, 6.45) is 2.91. The van der Waals surface area contributed by atoms with Crippen LogP contribution in [0.25, 0.3) is 0 Å². The van der Waals surface area contributed by atoms with Gasteiger partial charge in [-0.15, -0.1) is 0 Å². The molecule has 2 fully saturated rings. The van der Waals surface area contributed by atoms with Gasteiger partial charge in [-0.3, -0.25) is 10.2 Å². The number of amides is 1. The predicted octanol–water partition coefficient (Wildman–Crippen LogP) is -0.345. The first-order chi connectivity index (χ1) is 8.24. The van der Waals surface area contributed by atoms with Gasteiger partial charge in [0, 0.05) is 32.6 Å². The Morgan fingerprint density at radius 3 is 2.76 bits per heavy atom. The van der Waals surface area contributed by atoms with Gasteiger partial charge in [-0.05, 0) is 38.9 Å². The van der Waals surface area contributed by atoms with Gasteiger partial charge in [0.2, 0.25) is 5.91 Å². The molecular formula is C12H24N4O. The minimum atomic E-state index is 0.182. The van der Waals surface area contributed by atoms with E-state index in [1.165, 1.54) is 6.42 Å². The first-order valence-electron chi connectivity index (χ1n) is 6.68. The molecule has 2 rings (SSSR count). The molecule has 0 aromatic rings. The third-order valence-corrected chi connectivity index (χ3v) is 3.73. The molecule has 1 atom stereocenters. The maximum absolute atomic E-state index is 11.8. The fourth-order valence-electron chi connectivity index (χ4n) is 2.45. The first-order valence-corrected chi connectivity index (χ1v) is 6.68. The van der Waals surface area contributed by atoms with Gasteiger partial charge in [-0.1, -0.05) is 0 Å². The molecule has 0 radical (unpaired) electrons. The van der Waals surface area contributed by atoms with Crippen LogP contribution in [0.4, 0.5) is 0 Å². The Hall–Kier alpha value is -0.650. The van der Waals surface area contributed by atoms with Crippen molar-refractivity contribution in [3.05, 3.63) is 0 Å². The minimum absolute atomic E-state index is 0.182. The smallest absolute Gasteiger partial charge is 0.234 e. The van der Waals surface area contributed by atoms with Crippen molar-refractivity contribution >= 4 is 5.91 Å². The van der Waals surface area contributed by atoms with E-state index in [0.717, 1.165) is 45.7 Å². The quantitative estimate of drug-likeness (QED) is 0.705. The number of hydrogen-bond acceptors (Lipinski definition) is 4. The number of piperazine rings is 1. The van der Waals surface area contributed by atoms with Gasteiger partial charge in [0.25, 0.3) is 0 Å². The molecule has 17 heavy (non-hydrogen) atoms. The van der Waals surface area contributed by atoms with Crippen molar-refractivity contribution in [3.8, 4) is 0 Å². The third kappa shape index (κ3) is 4.26. The molecule has 2 N–H and O–H groups in total. The Morgan fingerprint density at radius 1 is 1.35 bits per heavy atom. The standard InChI is InChI=1S/C12H24N4O/c1-15-6-8-16(9-7-15)14-12(17)3-2-11-4-5-13-10-11/h11,13H,2-10H2,1H3,(H,14,17). The highest BCUT2D eigenvalue weighted by atomic mass is 16.2. The molecule has 0 spiro atoms. The lowest BCUT2D eigenvalue weighted by atomic mass is 10.0. The molecular weight excluding hydrogens is 216 g/mol. The summed E-state index contributed by atoms with van der Waals surface area (Å²) in [7, 11) is 2.12. The molecule has 1 unspecified atom stereocenters. The van der Waals surface area contributed by atoms with Crippen LogP contribution in [-0.2, 0) is 4.79 Å². The molecule has 98 valence electrons. The largest absolute Gasteiger partial charge is 0.316 e. The van der Waals surface area contributed by atoms with Crippen molar-refractivity contribution in [3.63, 3.8) is 0 Å². The lowest BCUT2D eigenvalue weighted by Crippen LogP contribution is -2.52. The summed E-state index contributed by atoms with van der Waals surface area (Å²) in [5.41, 5.74) is 3.01. The summed E-state index contributed by atoms with van der Waals surface area (Å²) in [6, 6.07) is 0. The third-order valence-electron chi connectivity index (χ3n) is 3.73. The lowest BCUT2D eigenvalue weighted by molar-refractivity contribution is -0.127. The van der Waals surface area contributed by atoms with Gasteiger partial charge < -0.3 is 10.2 Å². The summed E-state index contributed by atoms with van der Waals surface area (Å²) in [6.45, 7) is 6.15. The van der Waals surface area contributed by atoms with Crippen molar-refractivity contribution < 1.29 is 4.79 Å². The van der Waals surface area contributed by atoms with Crippen LogP contribution in [0.15, 0.2) is 0 Å². The second-order valence-corrected chi connectivity index (χ2v) is 5.22. The van der Waals surface area contributed by atoms with E-state index in [-0.39, 0.29) is 5.91 Å². The Morgan fingerprint density at radius 2 is 2.12 bits per heavy atom. The highest BCUT2D eigenvalue weighted by Gasteiger charge is 2.18. The van der Waals surface area contributed by atoms with Crippen LogP contribution in [-0.4, -0.2) is 62.1 Å². The zero-order valence-corrected chi connectivity index (χ0v) is 10.7. The van der Waals surface area contributed by atoms with Gasteiger partial charge >= 0.3 is 0 Å². The molecule has 1 amide bonds. The van der Waals surface area contributed by atoms with Gasteiger partial charge in [0.1, 0.15) is 0 Å². The maximum Gasteiger partial charge on any atom is 0.234 e. The van der Waals surface area contributed by atoms with Crippen molar-refractivity contribution in [1.82, 2.24) is 20.7 Å². The molecule has 2 aliphatic heterocycles. The zero-order chi connectivity index (χ0) is 12.1. The summed E-state index contributed by atoms with van der Waals surface area (Å²) < 4.78 is 0. The van der Waals surface area contributed by atoms with Crippen LogP contribution < -0.4 is 10.7 Å². The minimum Gasteiger partial charge on any atom is -0.316 e. The van der Waals surface area contributed by atoms with Gasteiger partial charge in [-0.2, -0.15) is 0 Å². The zero-order valence-electron chi connectivity index (χ0n) is 10.7. The van der Waals surface area contributed by atoms with E-state index in [2.05, 4.69) is 27.7 Å². The molecule has 5 nitrogen and oxygen atoms in total. The van der Waals surface area contributed by atoms with Crippen LogP contribution in [0, 0.1) is 5.92 Å². The second kappa shape index (κ2) is 6.33. The molecule has 5 heteroatoms. The highest BCUT2D eigenvalue weighted by molar-refractivity contribution is 5.75. The Bertz CT molecular complexity index is 245. The monoisotopic (exact) mass is 240 g/mol. The molecule has 2 saturated heterocycles. The predicted molar refractivity (Wildman–Crippen MR) is 67.4 cm³/mol. The van der Waals surface area contributed by atoms with Gasteiger partial charge in [-0.25, -0.2) is 5.01 Å². The molecule has 0 saturated carbocycles. The van der Waals surface area contributed by atoms with Crippen molar-refractivity contribution in [2.75, 3.05) is 46.3 Å². The number of nitrogens with zero attached hydrogens (tertiary/aromatic N) is 2. The van der Waals surface area contributed by atoms with Gasteiger partial charge in [0.05, 0.1) is 0 Å². The fourth-order valence-corrected chi connectivity index (χ4v) is 2.45. The first kappa shape index (κ1) is 12.8. The summed E-state index contributed by atoms with van der Waals surface area (Å²) >= 11 is 0. The molecule has 2 aliphatic rings. The fraction of sp³-hybridized carbons (Fsp3) is 0.917. The molecule has 2 heterocycles. The van der Waals surface area contributed by atoms with E-state index in [1.54, 1.807) is 0 Å². The van der Waals surface area contributed by atoms with Crippen LogP contribution in [0.3, 0.4) is 0 Å². The number of nitrogens with one attached hydrogen (secondary N) is 2. The Kier molecular flexibility index (Phi) is 4.76. The van der Waals surface area contributed by atoms with E-state index in [9.17, 15) is 4.79 Å². The number of carbonyl (C=O) groups excluding carboxylic acids is 1. The number of rotatable bonds is 4. The molecule has 0 aliphatic carbocycles. The van der Waals surface area contributed by atoms with E-state index >= 15 is 0 Å². The van der Waals surface area contributed by atoms with E-state index in [4.69, 9.17) is 0 Å². The van der Waals surface area contributed by atoms with E-state index in [0.29, 0.717) is 12.3 Å². The Labute approximate surface area is 103 Å². The number of hydrazine groups is 1. The average molecular weight is 240 g/mol. The van der Waals surface area contributed by atoms with Crippen molar-refractivity contribution in [2.45, 2.75) is 19.3 Å².